The van der Waals surface area contributed by atoms with E-state index in [1.54, 1.807) is 0 Å². The van der Waals surface area contributed by atoms with Gasteiger partial charge in [-0.25, -0.2) is 0 Å². The number of nitrogens with zero attached hydrogens (tertiary/aromatic N) is 1. The summed E-state index contributed by atoms with van der Waals surface area (Å²) in [6, 6.07) is 15.5. The summed E-state index contributed by atoms with van der Waals surface area (Å²) in [6.07, 6.45) is 4.24. The van der Waals surface area contributed by atoms with Crippen molar-refractivity contribution in [2.75, 3.05) is 0 Å². The molecule has 1 heteroatoms. The van der Waals surface area contributed by atoms with Gasteiger partial charge in [0, 0.05) is 17.1 Å². The van der Waals surface area contributed by atoms with Gasteiger partial charge >= 0.3 is 0 Å². The first-order chi connectivity index (χ1) is 10.2. The van der Waals surface area contributed by atoms with Crippen molar-refractivity contribution in [3.63, 3.8) is 0 Å². The number of hydrogen-bond donors (Lipinski definition) is 0. The van der Waals surface area contributed by atoms with E-state index < -0.39 is 0 Å². The van der Waals surface area contributed by atoms with Crippen molar-refractivity contribution in [3.05, 3.63) is 65.4 Å². The van der Waals surface area contributed by atoms with E-state index in [4.69, 9.17) is 0 Å². The lowest BCUT2D eigenvalue weighted by Crippen LogP contribution is -1.90. The van der Waals surface area contributed by atoms with Gasteiger partial charge in [-0.05, 0) is 49.4 Å². The first-order valence-electron chi connectivity index (χ1n) is 7.63. The van der Waals surface area contributed by atoms with Crippen LogP contribution in [-0.4, -0.2) is 4.98 Å². The average Bonchev–Trinajstić information content (AvgIpc) is 2.45. The summed E-state index contributed by atoms with van der Waals surface area (Å²) >= 11 is 0. The Hall–Kier alpha value is -2.15. The molecule has 0 unspecified atom stereocenters. The molecule has 0 N–H and O–H groups in total. The lowest BCUT2D eigenvalue weighted by molar-refractivity contribution is 0.923. The number of rotatable bonds is 3. The standard InChI is InChI=1S/C20H21N/c1-4-5-16-6-7-19-17(13-16)8-9-21-20(19)18-11-14(2)10-15(3)12-18/h6-13H,4-5H2,1-3H3. The molecule has 0 amide bonds. The molecule has 2 aromatic carbocycles. The molecule has 0 saturated heterocycles. The van der Waals surface area contributed by atoms with Gasteiger partial charge in [-0.15, -0.1) is 0 Å². The smallest absolute Gasteiger partial charge is 0.0780 e. The summed E-state index contributed by atoms with van der Waals surface area (Å²) in [5, 5.41) is 2.52. The normalized spacial score (nSPS) is 11.0. The topological polar surface area (TPSA) is 12.9 Å². The third kappa shape index (κ3) is 2.82. The largest absolute Gasteiger partial charge is 0.256 e. The molecule has 0 aliphatic rings. The monoisotopic (exact) mass is 275 g/mol. The summed E-state index contributed by atoms with van der Waals surface area (Å²) in [5.74, 6) is 0. The summed E-state index contributed by atoms with van der Waals surface area (Å²) in [6.45, 7) is 6.50. The number of fused-ring (bicyclic) bond motifs is 1. The molecular weight excluding hydrogens is 254 g/mol. The fraction of sp³-hybridized carbons (Fsp3) is 0.250. The Bertz CT molecular complexity index is 767. The van der Waals surface area contributed by atoms with Crippen LogP contribution in [0.4, 0.5) is 0 Å². The number of aromatic nitrogens is 1. The lowest BCUT2D eigenvalue weighted by Gasteiger charge is -2.09. The minimum absolute atomic E-state index is 1.09. The molecule has 0 bridgehead atoms. The van der Waals surface area contributed by atoms with Gasteiger partial charge in [0.15, 0.2) is 0 Å². The Morgan fingerprint density at radius 2 is 1.67 bits per heavy atom. The third-order valence-electron chi connectivity index (χ3n) is 3.86. The van der Waals surface area contributed by atoms with E-state index in [1.807, 2.05) is 6.20 Å². The van der Waals surface area contributed by atoms with Crippen molar-refractivity contribution < 1.29 is 0 Å². The molecule has 1 aromatic heterocycles. The van der Waals surface area contributed by atoms with E-state index >= 15 is 0 Å². The molecule has 0 atom stereocenters. The molecule has 0 aliphatic heterocycles. The van der Waals surface area contributed by atoms with E-state index in [2.05, 4.69) is 68.2 Å². The molecular formula is C20H21N. The zero-order valence-electron chi connectivity index (χ0n) is 13.0. The Labute approximate surface area is 126 Å². The highest BCUT2D eigenvalue weighted by molar-refractivity contribution is 5.95. The van der Waals surface area contributed by atoms with Crippen molar-refractivity contribution in [1.82, 2.24) is 4.98 Å². The van der Waals surface area contributed by atoms with Gasteiger partial charge in [0.2, 0.25) is 0 Å². The highest BCUT2D eigenvalue weighted by atomic mass is 14.7. The van der Waals surface area contributed by atoms with Crippen LogP contribution in [0.1, 0.15) is 30.0 Å². The van der Waals surface area contributed by atoms with Gasteiger partial charge in [0.1, 0.15) is 0 Å². The predicted octanol–water partition coefficient (Wildman–Crippen LogP) is 5.47. The van der Waals surface area contributed by atoms with Crippen LogP contribution < -0.4 is 0 Å². The van der Waals surface area contributed by atoms with Gasteiger partial charge in [0.25, 0.3) is 0 Å². The maximum atomic E-state index is 4.64. The summed E-state index contributed by atoms with van der Waals surface area (Å²) in [5.41, 5.74) is 6.27. The van der Waals surface area contributed by atoms with E-state index in [1.165, 1.54) is 39.4 Å². The highest BCUT2D eigenvalue weighted by Gasteiger charge is 2.07. The Morgan fingerprint density at radius 3 is 2.38 bits per heavy atom. The van der Waals surface area contributed by atoms with Crippen LogP contribution in [0.5, 0.6) is 0 Å². The second-order valence-electron chi connectivity index (χ2n) is 5.84. The maximum absolute atomic E-state index is 4.64. The molecule has 3 aromatic rings. The number of pyridine rings is 1. The molecule has 0 saturated carbocycles. The lowest BCUT2D eigenvalue weighted by atomic mass is 9.98. The molecule has 0 radical (unpaired) electrons. The summed E-state index contributed by atoms with van der Waals surface area (Å²) < 4.78 is 0. The Kier molecular flexibility index (Phi) is 3.74. The number of benzene rings is 2. The first-order valence-corrected chi connectivity index (χ1v) is 7.63. The highest BCUT2D eigenvalue weighted by Crippen LogP contribution is 2.28. The van der Waals surface area contributed by atoms with Gasteiger partial charge in [-0.1, -0.05) is 48.7 Å². The average molecular weight is 275 g/mol. The third-order valence-corrected chi connectivity index (χ3v) is 3.86. The van der Waals surface area contributed by atoms with E-state index in [0.29, 0.717) is 0 Å². The van der Waals surface area contributed by atoms with Crippen molar-refractivity contribution in [2.45, 2.75) is 33.6 Å². The van der Waals surface area contributed by atoms with E-state index in [0.717, 1.165) is 12.1 Å². The van der Waals surface area contributed by atoms with Crippen LogP contribution in [0.25, 0.3) is 22.0 Å². The van der Waals surface area contributed by atoms with Crippen LogP contribution >= 0.6 is 0 Å². The molecule has 0 spiro atoms. The van der Waals surface area contributed by atoms with Crippen LogP contribution in [0.2, 0.25) is 0 Å². The van der Waals surface area contributed by atoms with Crippen molar-refractivity contribution >= 4 is 10.8 Å². The SMILES string of the molecule is CCCc1ccc2c(-c3cc(C)cc(C)c3)nccc2c1. The van der Waals surface area contributed by atoms with Crippen LogP contribution in [0, 0.1) is 13.8 Å². The van der Waals surface area contributed by atoms with E-state index in [-0.39, 0.29) is 0 Å². The van der Waals surface area contributed by atoms with Crippen LogP contribution in [-0.2, 0) is 6.42 Å². The van der Waals surface area contributed by atoms with Crippen LogP contribution in [0.15, 0.2) is 48.7 Å². The van der Waals surface area contributed by atoms with E-state index in [9.17, 15) is 0 Å². The quantitative estimate of drug-likeness (QED) is 0.617. The minimum Gasteiger partial charge on any atom is -0.256 e. The van der Waals surface area contributed by atoms with Gasteiger partial charge in [0.05, 0.1) is 5.69 Å². The van der Waals surface area contributed by atoms with Crippen molar-refractivity contribution in [3.8, 4) is 11.3 Å². The van der Waals surface area contributed by atoms with Crippen LogP contribution in [0.3, 0.4) is 0 Å². The molecule has 3 rings (SSSR count). The minimum atomic E-state index is 1.09. The molecule has 1 nitrogen and oxygen atoms in total. The van der Waals surface area contributed by atoms with Gasteiger partial charge in [-0.3, -0.25) is 4.98 Å². The summed E-state index contributed by atoms with van der Waals surface area (Å²) in [4.78, 5) is 4.64. The zero-order chi connectivity index (χ0) is 14.8. The fourth-order valence-corrected chi connectivity index (χ4v) is 3.01. The van der Waals surface area contributed by atoms with Crippen molar-refractivity contribution in [2.24, 2.45) is 0 Å². The predicted molar refractivity (Wildman–Crippen MR) is 90.6 cm³/mol. The zero-order valence-corrected chi connectivity index (χ0v) is 13.0. The first kappa shape index (κ1) is 13.8. The summed E-state index contributed by atoms with van der Waals surface area (Å²) in [7, 11) is 0. The molecule has 0 fully saturated rings. The van der Waals surface area contributed by atoms with Crippen molar-refractivity contribution in [1.29, 1.82) is 0 Å². The Morgan fingerprint density at radius 1 is 0.905 bits per heavy atom. The Balaban J connectivity index is 2.18. The molecule has 21 heavy (non-hydrogen) atoms. The second-order valence-corrected chi connectivity index (χ2v) is 5.84. The maximum Gasteiger partial charge on any atom is 0.0780 e. The molecule has 0 aliphatic carbocycles. The van der Waals surface area contributed by atoms with Gasteiger partial charge in [-0.2, -0.15) is 0 Å². The molecule has 106 valence electrons. The number of aryl methyl sites for hydroxylation is 3. The fourth-order valence-electron chi connectivity index (χ4n) is 3.01. The molecule has 1 heterocycles. The number of hydrogen-bond acceptors (Lipinski definition) is 1. The second kappa shape index (κ2) is 5.69. The van der Waals surface area contributed by atoms with Gasteiger partial charge < -0.3 is 0 Å².